The van der Waals surface area contributed by atoms with Crippen LogP contribution in [0.4, 0.5) is 0 Å². The predicted molar refractivity (Wildman–Crippen MR) is 105 cm³/mol. The Kier molecular flexibility index (Phi) is 5.89. The highest BCUT2D eigenvalue weighted by molar-refractivity contribution is 6.00. The van der Waals surface area contributed by atoms with Gasteiger partial charge in [-0.25, -0.2) is 4.98 Å². The molecule has 2 heterocycles. The number of hydrogen-bond donors (Lipinski definition) is 1. The fourth-order valence-electron chi connectivity index (χ4n) is 2.62. The zero-order valence-electron chi connectivity index (χ0n) is 15.2. The van der Waals surface area contributed by atoms with Crippen molar-refractivity contribution >= 4 is 12.0 Å². The Labute approximate surface area is 158 Å². The quantitative estimate of drug-likeness (QED) is 0.518. The van der Waals surface area contributed by atoms with E-state index in [0.29, 0.717) is 36.0 Å². The van der Waals surface area contributed by atoms with E-state index < -0.39 is 0 Å². The minimum atomic E-state index is -0.105. The van der Waals surface area contributed by atoms with Crippen LogP contribution in [0.2, 0.25) is 0 Å². The van der Waals surface area contributed by atoms with E-state index in [4.69, 9.17) is 0 Å². The molecule has 0 saturated carbocycles. The number of aromatic nitrogens is 4. The van der Waals surface area contributed by atoms with Crippen LogP contribution in [0.3, 0.4) is 0 Å². The van der Waals surface area contributed by atoms with E-state index in [0.717, 1.165) is 5.56 Å². The van der Waals surface area contributed by atoms with Crippen LogP contribution in [0.25, 0.3) is 17.6 Å². The highest BCUT2D eigenvalue weighted by Gasteiger charge is 2.16. The van der Waals surface area contributed by atoms with E-state index in [-0.39, 0.29) is 5.91 Å². The molecule has 0 aliphatic heterocycles. The molecule has 0 fully saturated rings. The van der Waals surface area contributed by atoms with Gasteiger partial charge < -0.3 is 4.90 Å². The van der Waals surface area contributed by atoms with Gasteiger partial charge in [-0.3, -0.25) is 14.9 Å². The summed E-state index contributed by atoms with van der Waals surface area (Å²) in [5.41, 5.74) is 2.20. The Morgan fingerprint density at radius 3 is 2.63 bits per heavy atom. The molecule has 0 atom stereocenters. The molecule has 1 aromatic carbocycles. The number of H-pyrrole nitrogens is 1. The number of hydrogen-bond acceptors (Lipinski definition) is 4. The van der Waals surface area contributed by atoms with Crippen molar-refractivity contribution in [2.75, 3.05) is 6.54 Å². The molecule has 136 valence electrons. The zero-order valence-corrected chi connectivity index (χ0v) is 15.2. The molecule has 0 aliphatic rings. The summed E-state index contributed by atoms with van der Waals surface area (Å²) >= 11 is 0. The molecule has 3 aromatic rings. The van der Waals surface area contributed by atoms with E-state index in [2.05, 4.69) is 26.7 Å². The van der Waals surface area contributed by atoms with Gasteiger partial charge in [-0.2, -0.15) is 5.10 Å². The van der Waals surface area contributed by atoms with Crippen molar-refractivity contribution in [1.82, 2.24) is 25.1 Å². The van der Waals surface area contributed by atoms with Crippen LogP contribution in [-0.4, -0.2) is 37.5 Å². The third kappa shape index (κ3) is 4.55. The standard InChI is InChI=1S/C21H21N5O/c1-3-17(21(27)26(4-2)15-16-10-6-5-7-11-16)14-19-23-20(25-24-19)18-12-8-9-13-22-18/h3,5-14H,1,4,15H2,2H3,(H,23,24,25)/b17-14+. The molecule has 27 heavy (non-hydrogen) atoms. The number of aromatic amines is 1. The molecule has 0 bridgehead atoms. The first-order valence-corrected chi connectivity index (χ1v) is 8.72. The van der Waals surface area contributed by atoms with E-state index in [1.807, 2.05) is 55.5 Å². The monoisotopic (exact) mass is 359 g/mol. The second kappa shape index (κ2) is 8.71. The van der Waals surface area contributed by atoms with Gasteiger partial charge in [0.15, 0.2) is 5.82 Å². The Morgan fingerprint density at radius 1 is 1.19 bits per heavy atom. The highest BCUT2D eigenvalue weighted by Crippen LogP contribution is 2.14. The Morgan fingerprint density at radius 2 is 1.96 bits per heavy atom. The summed E-state index contributed by atoms with van der Waals surface area (Å²) in [4.78, 5) is 23.3. The predicted octanol–water partition coefficient (Wildman–Crippen LogP) is 3.48. The Hall–Kier alpha value is -3.54. The lowest BCUT2D eigenvalue weighted by Gasteiger charge is -2.21. The molecular formula is C21H21N5O. The van der Waals surface area contributed by atoms with Crippen LogP contribution in [0.1, 0.15) is 18.3 Å². The molecule has 0 saturated heterocycles. The Bertz CT molecular complexity index is 931. The molecule has 3 rings (SSSR count). The number of benzene rings is 1. The van der Waals surface area contributed by atoms with Crippen LogP contribution in [-0.2, 0) is 11.3 Å². The molecule has 0 radical (unpaired) electrons. The molecule has 6 nitrogen and oxygen atoms in total. The topological polar surface area (TPSA) is 74.8 Å². The summed E-state index contributed by atoms with van der Waals surface area (Å²) in [5, 5.41) is 7.00. The lowest BCUT2D eigenvalue weighted by molar-refractivity contribution is -0.127. The van der Waals surface area contributed by atoms with Gasteiger partial charge in [-0.15, -0.1) is 0 Å². The van der Waals surface area contributed by atoms with Crippen molar-refractivity contribution in [3.05, 3.63) is 84.3 Å². The summed E-state index contributed by atoms with van der Waals surface area (Å²) in [6, 6.07) is 15.4. The minimum absolute atomic E-state index is 0.105. The van der Waals surface area contributed by atoms with Gasteiger partial charge in [-0.05, 0) is 30.7 Å². The first-order chi connectivity index (χ1) is 13.2. The smallest absolute Gasteiger partial charge is 0.254 e. The second-order valence-electron chi connectivity index (χ2n) is 5.87. The normalized spacial score (nSPS) is 11.2. The number of nitrogens with zero attached hydrogens (tertiary/aromatic N) is 4. The molecule has 0 unspecified atom stereocenters. The summed E-state index contributed by atoms with van der Waals surface area (Å²) in [6.45, 7) is 6.86. The van der Waals surface area contributed by atoms with Gasteiger partial charge >= 0.3 is 0 Å². The third-order valence-corrected chi connectivity index (χ3v) is 4.04. The average Bonchev–Trinajstić information content (AvgIpc) is 3.20. The van der Waals surface area contributed by atoms with Crippen LogP contribution in [0, 0.1) is 0 Å². The Balaban J connectivity index is 1.80. The number of pyridine rings is 1. The van der Waals surface area contributed by atoms with E-state index in [9.17, 15) is 4.79 Å². The number of carbonyl (C=O) groups excluding carboxylic acids is 1. The van der Waals surface area contributed by atoms with Gasteiger partial charge in [-0.1, -0.05) is 49.1 Å². The lowest BCUT2D eigenvalue weighted by Crippen LogP contribution is -2.31. The van der Waals surface area contributed by atoms with Gasteiger partial charge in [0.2, 0.25) is 0 Å². The fraction of sp³-hybridized carbons (Fsp3) is 0.143. The number of likely N-dealkylation sites (N-methyl/N-ethyl adjacent to an activating group) is 1. The molecule has 1 N–H and O–H groups in total. The van der Waals surface area contributed by atoms with Crippen LogP contribution in [0.15, 0.2) is 73.0 Å². The molecule has 0 aliphatic carbocycles. The van der Waals surface area contributed by atoms with E-state index in [1.165, 1.54) is 0 Å². The van der Waals surface area contributed by atoms with Crippen molar-refractivity contribution in [1.29, 1.82) is 0 Å². The molecule has 0 spiro atoms. The van der Waals surface area contributed by atoms with Gasteiger partial charge in [0.25, 0.3) is 5.91 Å². The second-order valence-corrected chi connectivity index (χ2v) is 5.87. The number of amides is 1. The lowest BCUT2D eigenvalue weighted by atomic mass is 10.1. The van der Waals surface area contributed by atoms with Crippen molar-refractivity contribution < 1.29 is 4.79 Å². The van der Waals surface area contributed by atoms with Crippen LogP contribution in [0.5, 0.6) is 0 Å². The van der Waals surface area contributed by atoms with Crippen LogP contribution >= 0.6 is 0 Å². The van der Waals surface area contributed by atoms with E-state index >= 15 is 0 Å². The summed E-state index contributed by atoms with van der Waals surface area (Å²) < 4.78 is 0. The van der Waals surface area contributed by atoms with Crippen molar-refractivity contribution in [3.8, 4) is 11.5 Å². The van der Waals surface area contributed by atoms with Gasteiger partial charge in [0.1, 0.15) is 11.5 Å². The highest BCUT2D eigenvalue weighted by atomic mass is 16.2. The largest absolute Gasteiger partial charge is 0.335 e. The zero-order chi connectivity index (χ0) is 19.1. The van der Waals surface area contributed by atoms with Crippen LogP contribution < -0.4 is 0 Å². The summed E-state index contributed by atoms with van der Waals surface area (Å²) in [7, 11) is 0. The van der Waals surface area contributed by atoms with Crippen molar-refractivity contribution in [2.45, 2.75) is 13.5 Å². The first-order valence-electron chi connectivity index (χ1n) is 8.72. The third-order valence-electron chi connectivity index (χ3n) is 4.04. The number of carbonyl (C=O) groups is 1. The van der Waals surface area contributed by atoms with E-state index in [1.54, 1.807) is 23.2 Å². The molecular weight excluding hydrogens is 338 g/mol. The first kappa shape index (κ1) is 18.3. The molecule has 6 heteroatoms. The summed E-state index contributed by atoms with van der Waals surface area (Å²) in [5.74, 6) is 0.858. The number of nitrogens with one attached hydrogen (secondary N) is 1. The van der Waals surface area contributed by atoms with Crippen molar-refractivity contribution in [3.63, 3.8) is 0 Å². The summed E-state index contributed by atoms with van der Waals surface area (Å²) in [6.07, 6.45) is 4.88. The van der Waals surface area contributed by atoms with Gasteiger partial charge in [0, 0.05) is 24.9 Å². The molecule has 1 amide bonds. The minimum Gasteiger partial charge on any atom is -0.335 e. The SMILES string of the molecule is C=C/C(=C\c1nc(-c2ccccn2)n[nH]1)C(=O)N(CC)Cc1ccccc1. The maximum absolute atomic E-state index is 12.9. The molecule has 2 aromatic heterocycles. The maximum atomic E-state index is 12.9. The van der Waals surface area contributed by atoms with Gasteiger partial charge in [0.05, 0.1) is 0 Å². The number of rotatable bonds is 7. The maximum Gasteiger partial charge on any atom is 0.254 e. The fourth-order valence-corrected chi connectivity index (χ4v) is 2.62. The van der Waals surface area contributed by atoms with Crippen molar-refractivity contribution in [2.24, 2.45) is 0 Å². The average molecular weight is 359 g/mol.